The first-order valence-electron chi connectivity index (χ1n) is 4.44. The monoisotopic (exact) mass is 165 g/mol. The number of rotatable bonds is 3. The fraction of sp³-hybridized carbons (Fsp3) is 0.700. The molecular weight excluding hydrogens is 150 g/mol. The summed E-state index contributed by atoms with van der Waals surface area (Å²) < 4.78 is 0. The average Bonchev–Trinajstić information content (AvgIpc) is 2.54. The number of hydrogen-bond donors (Lipinski definition) is 1. The molecule has 1 saturated carbocycles. The first kappa shape index (κ1) is 9.28. The van der Waals surface area contributed by atoms with Crippen LogP contribution < -0.4 is 0 Å². The Hall–Kier alpha value is -0.810. The maximum Gasteiger partial charge on any atom is 0.141 e. The van der Waals surface area contributed by atoms with Gasteiger partial charge in [0.25, 0.3) is 0 Å². The maximum atomic E-state index is 9.21. The molecule has 1 fully saturated rings. The van der Waals surface area contributed by atoms with E-state index in [1.165, 1.54) is 12.8 Å². The Balaban J connectivity index is 2.56. The molecule has 12 heavy (non-hydrogen) atoms. The highest BCUT2D eigenvalue weighted by molar-refractivity contribution is 5.02. The van der Waals surface area contributed by atoms with Gasteiger partial charge in [0.1, 0.15) is 6.10 Å². The third-order valence-corrected chi connectivity index (χ3v) is 2.78. The summed E-state index contributed by atoms with van der Waals surface area (Å²) in [7, 11) is 0. The van der Waals surface area contributed by atoms with Crippen LogP contribution in [0.1, 0.15) is 32.1 Å². The summed E-state index contributed by atoms with van der Waals surface area (Å²) in [6.07, 6.45) is 6.22. The fourth-order valence-corrected chi connectivity index (χ4v) is 2.00. The first-order chi connectivity index (χ1) is 5.72. The molecule has 1 aliphatic carbocycles. The van der Waals surface area contributed by atoms with Crippen LogP contribution in [0.3, 0.4) is 0 Å². The standard InChI is InChI=1S/C10H15NO/c1-2-10(5-3-4-6-10)7-9(12)8-11/h2,9,12H,1,3-7H2/t9-/m1/s1. The molecule has 1 N–H and O–H groups in total. The smallest absolute Gasteiger partial charge is 0.141 e. The predicted molar refractivity (Wildman–Crippen MR) is 47.3 cm³/mol. The van der Waals surface area contributed by atoms with Crippen molar-refractivity contribution >= 4 is 0 Å². The third kappa shape index (κ3) is 1.86. The summed E-state index contributed by atoms with van der Waals surface area (Å²) in [6, 6.07) is 1.86. The van der Waals surface area contributed by atoms with Crippen molar-refractivity contribution in [1.82, 2.24) is 0 Å². The normalized spacial score (nSPS) is 23.0. The molecule has 66 valence electrons. The second-order valence-corrected chi connectivity index (χ2v) is 3.62. The molecule has 0 aromatic rings. The second-order valence-electron chi connectivity index (χ2n) is 3.62. The molecule has 0 aliphatic heterocycles. The molecule has 2 heteroatoms. The van der Waals surface area contributed by atoms with Crippen LogP contribution in [0.25, 0.3) is 0 Å². The van der Waals surface area contributed by atoms with E-state index in [2.05, 4.69) is 6.58 Å². The van der Waals surface area contributed by atoms with Gasteiger partial charge in [-0.3, -0.25) is 0 Å². The molecule has 1 aliphatic rings. The quantitative estimate of drug-likeness (QED) is 0.513. The van der Waals surface area contributed by atoms with Crippen LogP contribution >= 0.6 is 0 Å². The lowest BCUT2D eigenvalue weighted by molar-refractivity contribution is 0.166. The Kier molecular flexibility index (Phi) is 2.88. The van der Waals surface area contributed by atoms with Gasteiger partial charge in [-0.25, -0.2) is 0 Å². The summed E-state index contributed by atoms with van der Waals surface area (Å²) in [6.45, 7) is 3.78. The van der Waals surface area contributed by atoms with Crippen LogP contribution in [0, 0.1) is 16.7 Å². The molecule has 2 nitrogen and oxygen atoms in total. The molecule has 0 aromatic heterocycles. The molecule has 1 atom stereocenters. The largest absolute Gasteiger partial charge is 0.378 e. The number of aliphatic hydroxyl groups is 1. The minimum atomic E-state index is -0.818. The molecule has 0 radical (unpaired) electrons. The molecule has 0 spiro atoms. The van der Waals surface area contributed by atoms with E-state index in [4.69, 9.17) is 5.26 Å². The SMILES string of the molecule is C=CC1(C[C@@H](O)C#N)CCCC1. The van der Waals surface area contributed by atoms with Crippen LogP contribution in [-0.4, -0.2) is 11.2 Å². The van der Waals surface area contributed by atoms with Crippen LogP contribution in [0.4, 0.5) is 0 Å². The molecule has 0 aromatic carbocycles. The van der Waals surface area contributed by atoms with Gasteiger partial charge in [-0.15, -0.1) is 6.58 Å². The van der Waals surface area contributed by atoms with Crippen LogP contribution in [0.2, 0.25) is 0 Å². The van der Waals surface area contributed by atoms with Gasteiger partial charge >= 0.3 is 0 Å². The summed E-state index contributed by atoms with van der Waals surface area (Å²) in [4.78, 5) is 0. The minimum Gasteiger partial charge on any atom is -0.378 e. The molecule has 0 unspecified atom stereocenters. The summed E-state index contributed by atoms with van der Waals surface area (Å²) in [5.41, 5.74) is 0.0507. The van der Waals surface area contributed by atoms with E-state index in [0.29, 0.717) is 6.42 Å². The lowest BCUT2D eigenvalue weighted by atomic mass is 9.81. The average molecular weight is 165 g/mol. The van der Waals surface area contributed by atoms with E-state index in [1.807, 2.05) is 12.1 Å². The van der Waals surface area contributed by atoms with Gasteiger partial charge in [-0.05, 0) is 24.7 Å². The lowest BCUT2D eigenvalue weighted by Crippen LogP contribution is -2.20. The van der Waals surface area contributed by atoms with Crippen molar-refractivity contribution in [1.29, 1.82) is 5.26 Å². The lowest BCUT2D eigenvalue weighted by Gasteiger charge is -2.24. The Labute approximate surface area is 73.5 Å². The van der Waals surface area contributed by atoms with Crippen molar-refractivity contribution < 1.29 is 5.11 Å². The topological polar surface area (TPSA) is 44.0 Å². The maximum absolute atomic E-state index is 9.21. The zero-order valence-electron chi connectivity index (χ0n) is 7.29. The van der Waals surface area contributed by atoms with Crippen LogP contribution in [0.5, 0.6) is 0 Å². The number of aliphatic hydroxyl groups excluding tert-OH is 1. The number of nitriles is 1. The summed E-state index contributed by atoms with van der Waals surface area (Å²) in [5, 5.41) is 17.7. The Bertz CT molecular complexity index is 198. The number of hydrogen-bond acceptors (Lipinski definition) is 2. The Morgan fingerprint density at radius 1 is 1.58 bits per heavy atom. The van der Waals surface area contributed by atoms with Crippen molar-refractivity contribution in [2.24, 2.45) is 5.41 Å². The van der Waals surface area contributed by atoms with Crippen LogP contribution in [0.15, 0.2) is 12.7 Å². The van der Waals surface area contributed by atoms with Gasteiger partial charge in [0.05, 0.1) is 6.07 Å². The van der Waals surface area contributed by atoms with E-state index in [-0.39, 0.29) is 5.41 Å². The third-order valence-electron chi connectivity index (χ3n) is 2.78. The van der Waals surface area contributed by atoms with Gasteiger partial charge in [0, 0.05) is 0 Å². The molecule has 0 heterocycles. The fourth-order valence-electron chi connectivity index (χ4n) is 2.00. The zero-order valence-corrected chi connectivity index (χ0v) is 7.29. The highest BCUT2D eigenvalue weighted by Gasteiger charge is 2.32. The van der Waals surface area contributed by atoms with Gasteiger partial charge in [-0.1, -0.05) is 18.9 Å². The Morgan fingerprint density at radius 3 is 2.58 bits per heavy atom. The van der Waals surface area contributed by atoms with Crippen molar-refractivity contribution in [3.8, 4) is 6.07 Å². The molecule has 0 bridgehead atoms. The summed E-state index contributed by atoms with van der Waals surface area (Å²) in [5.74, 6) is 0. The van der Waals surface area contributed by atoms with Crippen molar-refractivity contribution in [2.45, 2.75) is 38.2 Å². The van der Waals surface area contributed by atoms with Gasteiger partial charge in [-0.2, -0.15) is 5.26 Å². The molecule has 1 rings (SSSR count). The van der Waals surface area contributed by atoms with E-state index in [1.54, 1.807) is 0 Å². The van der Waals surface area contributed by atoms with Gasteiger partial charge in [0.2, 0.25) is 0 Å². The minimum absolute atomic E-state index is 0.0507. The van der Waals surface area contributed by atoms with Crippen molar-refractivity contribution in [2.75, 3.05) is 0 Å². The highest BCUT2D eigenvalue weighted by atomic mass is 16.3. The molecular formula is C10H15NO. The number of nitrogens with zero attached hydrogens (tertiary/aromatic N) is 1. The molecule has 0 saturated heterocycles. The second kappa shape index (κ2) is 3.73. The first-order valence-corrected chi connectivity index (χ1v) is 4.44. The van der Waals surface area contributed by atoms with Crippen LogP contribution in [-0.2, 0) is 0 Å². The molecule has 0 amide bonds. The van der Waals surface area contributed by atoms with Crippen molar-refractivity contribution in [3.05, 3.63) is 12.7 Å². The van der Waals surface area contributed by atoms with E-state index in [0.717, 1.165) is 12.8 Å². The van der Waals surface area contributed by atoms with Gasteiger partial charge in [0.15, 0.2) is 0 Å². The predicted octanol–water partition coefficient (Wildman–Crippen LogP) is 2.01. The highest BCUT2D eigenvalue weighted by Crippen LogP contribution is 2.42. The van der Waals surface area contributed by atoms with E-state index < -0.39 is 6.10 Å². The van der Waals surface area contributed by atoms with E-state index >= 15 is 0 Å². The summed E-state index contributed by atoms with van der Waals surface area (Å²) >= 11 is 0. The van der Waals surface area contributed by atoms with Crippen molar-refractivity contribution in [3.63, 3.8) is 0 Å². The van der Waals surface area contributed by atoms with Gasteiger partial charge < -0.3 is 5.11 Å². The van der Waals surface area contributed by atoms with E-state index in [9.17, 15) is 5.11 Å². The zero-order chi connectivity index (χ0) is 9.03. The Morgan fingerprint density at radius 2 is 2.17 bits per heavy atom. The number of allylic oxidation sites excluding steroid dienone is 1.